The minimum absolute atomic E-state index is 0.0139. The number of carbonyl (C=O) groups is 2. The molecule has 2 aliphatic rings. The first kappa shape index (κ1) is 19.0. The summed E-state index contributed by atoms with van der Waals surface area (Å²) in [6.45, 7) is 7.35. The number of benzene rings is 1. The van der Waals surface area contributed by atoms with Crippen molar-refractivity contribution in [1.29, 1.82) is 0 Å². The van der Waals surface area contributed by atoms with E-state index in [1.807, 2.05) is 46.7 Å². The number of aromatic nitrogens is 1. The number of nitrogens with zero attached hydrogens (tertiary/aromatic N) is 2. The Morgan fingerprint density at radius 1 is 1.25 bits per heavy atom. The molecule has 0 unspecified atom stereocenters. The lowest BCUT2D eigenvalue weighted by Crippen LogP contribution is -2.65. The maximum absolute atomic E-state index is 13.5. The fourth-order valence-electron chi connectivity index (χ4n) is 4.65. The molecule has 0 spiro atoms. The van der Waals surface area contributed by atoms with Gasteiger partial charge in [-0.2, -0.15) is 0 Å². The SMILES string of the molecule is CC(C)CCN1C(=O)c2cc3ccccc3n2C[C@@]1(C)C(=O)NC1CCCC1. The fourth-order valence-corrected chi connectivity index (χ4v) is 4.65. The van der Waals surface area contributed by atoms with Gasteiger partial charge in [-0.25, -0.2) is 0 Å². The Labute approximate surface area is 167 Å². The molecule has 28 heavy (non-hydrogen) atoms. The molecule has 1 fully saturated rings. The second-order valence-corrected chi connectivity index (χ2v) is 9.04. The summed E-state index contributed by atoms with van der Waals surface area (Å²) in [7, 11) is 0. The quantitative estimate of drug-likeness (QED) is 0.852. The molecule has 1 aromatic carbocycles. The standard InChI is InChI=1S/C23H31N3O2/c1-16(2)12-13-26-21(27)20-14-17-8-4-7-11-19(17)25(20)15-23(26,3)22(28)24-18-9-5-6-10-18/h4,7-8,11,14,16,18H,5-6,9-10,12-13,15H2,1-3H3,(H,24,28)/t23-/m0/s1. The van der Waals surface area contributed by atoms with E-state index in [0.29, 0.717) is 24.7 Å². The lowest BCUT2D eigenvalue weighted by Gasteiger charge is -2.44. The van der Waals surface area contributed by atoms with Crippen molar-refractivity contribution in [2.24, 2.45) is 5.92 Å². The van der Waals surface area contributed by atoms with E-state index >= 15 is 0 Å². The molecule has 1 N–H and O–H groups in total. The number of rotatable bonds is 5. The maximum atomic E-state index is 13.5. The van der Waals surface area contributed by atoms with Crippen LogP contribution in [0.5, 0.6) is 0 Å². The van der Waals surface area contributed by atoms with Gasteiger partial charge in [0.05, 0.1) is 6.54 Å². The van der Waals surface area contributed by atoms with Gasteiger partial charge in [0, 0.05) is 23.5 Å². The zero-order valence-corrected chi connectivity index (χ0v) is 17.2. The van der Waals surface area contributed by atoms with Crippen molar-refractivity contribution in [2.75, 3.05) is 6.54 Å². The average molecular weight is 382 g/mol. The fraction of sp³-hybridized carbons (Fsp3) is 0.565. The highest BCUT2D eigenvalue weighted by Gasteiger charge is 2.47. The molecule has 150 valence electrons. The number of amides is 2. The lowest BCUT2D eigenvalue weighted by molar-refractivity contribution is -0.133. The molecule has 0 bridgehead atoms. The molecule has 5 nitrogen and oxygen atoms in total. The summed E-state index contributed by atoms with van der Waals surface area (Å²) in [6.07, 6.45) is 5.31. The average Bonchev–Trinajstić information content (AvgIpc) is 3.29. The molecule has 1 aliphatic heterocycles. The third-order valence-electron chi connectivity index (χ3n) is 6.45. The molecular weight excluding hydrogens is 350 g/mol. The molecule has 1 saturated carbocycles. The molecular formula is C23H31N3O2. The highest BCUT2D eigenvalue weighted by atomic mass is 16.2. The summed E-state index contributed by atoms with van der Waals surface area (Å²) in [6, 6.07) is 10.2. The van der Waals surface area contributed by atoms with Crippen LogP contribution >= 0.6 is 0 Å². The number of hydrogen-bond acceptors (Lipinski definition) is 2. The van der Waals surface area contributed by atoms with Gasteiger partial charge in [-0.05, 0) is 44.2 Å². The zero-order chi connectivity index (χ0) is 19.9. The number of hydrogen-bond donors (Lipinski definition) is 1. The van der Waals surface area contributed by atoms with Gasteiger partial charge in [0.15, 0.2) is 0 Å². The second-order valence-electron chi connectivity index (χ2n) is 9.04. The van der Waals surface area contributed by atoms with E-state index in [1.165, 1.54) is 12.8 Å². The second kappa shape index (κ2) is 7.26. The molecule has 5 heteroatoms. The van der Waals surface area contributed by atoms with Crippen molar-refractivity contribution < 1.29 is 9.59 Å². The van der Waals surface area contributed by atoms with Gasteiger partial charge in [-0.3, -0.25) is 9.59 Å². The molecule has 4 rings (SSSR count). The normalized spacial score (nSPS) is 22.9. The summed E-state index contributed by atoms with van der Waals surface area (Å²) in [5.41, 5.74) is 0.842. The molecule has 2 heterocycles. The van der Waals surface area contributed by atoms with Crippen LogP contribution < -0.4 is 5.32 Å². The molecule has 0 saturated heterocycles. The highest BCUT2D eigenvalue weighted by molar-refractivity contribution is 6.03. The minimum Gasteiger partial charge on any atom is -0.351 e. The van der Waals surface area contributed by atoms with Crippen molar-refractivity contribution in [3.05, 3.63) is 36.0 Å². The van der Waals surface area contributed by atoms with Crippen molar-refractivity contribution in [1.82, 2.24) is 14.8 Å². The van der Waals surface area contributed by atoms with Crippen LogP contribution in [-0.2, 0) is 11.3 Å². The van der Waals surface area contributed by atoms with Gasteiger partial charge in [-0.15, -0.1) is 0 Å². The number of carbonyl (C=O) groups excluding carboxylic acids is 2. The topological polar surface area (TPSA) is 54.3 Å². The maximum Gasteiger partial charge on any atom is 0.271 e. The molecule has 1 aliphatic carbocycles. The molecule has 0 radical (unpaired) electrons. The number of nitrogens with one attached hydrogen (secondary N) is 1. The number of fused-ring (bicyclic) bond motifs is 3. The third kappa shape index (κ3) is 3.21. The van der Waals surface area contributed by atoms with E-state index < -0.39 is 5.54 Å². The van der Waals surface area contributed by atoms with Crippen LogP contribution in [0.15, 0.2) is 30.3 Å². The van der Waals surface area contributed by atoms with Crippen LogP contribution in [0.2, 0.25) is 0 Å². The monoisotopic (exact) mass is 381 g/mol. The Hall–Kier alpha value is -2.30. The molecule has 2 amide bonds. The van der Waals surface area contributed by atoms with Gasteiger partial charge < -0.3 is 14.8 Å². The van der Waals surface area contributed by atoms with Crippen molar-refractivity contribution in [2.45, 2.75) is 71.0 Å². The van der Waals surface area contributed by atoms with Gasteiger partial charge in [-0.1, -0.05) is 44.9 Å². The van der Waals surface area contributed by atoms with Gasteiger partial charge in [0.1, 0.15) is 11.2 Å². The first-order chi connectivity index (χ1) is 13.4. The minimum atomic E-state index is -0.872. The number of para-hydroxylation sites is 1. The van der Waals surface area contributed by atoms with Crippen molar-refractivity contribution in [3.63, 3.8) is 0 Å². The van der Waals surface area contributed by atoms with Crippen molar-refractivity contribution in [3.8, 4) is 0 Å². The Balaban J connectivity index is 1.72. The Morgan fingerprint density at radius 2 is 1.96 bits per heavy atom. The van der Waals surface area contributed by atoms with Crippen LogP contribution in [0.25, 0.3) is 10.9 Å². The predicted octanol–water partition coefficient (Wildman–Crippen LogP) is 3.96. The highest BCUT2D eigenvalue weighted by Crippen LogP contribution is 2.33. The van der Waals surface area contributed by atoms with E-state index in [9.17, 15) is 9.59 Å². The Morgan fingerprint density at radius 3 is 2.68 bits per heavy atom. The summed E-state index contributed by atoms with van der Waals surface area (Å²) < 4.78 is 2.04. The van der Waals surface area contributed by atoms with Crippen LogP contribution in [0, 0.1) is 5.92 Å². The van der Waals surface area contributed by atoms with Crippen LogP contribution in [-0.4, -0.2) is 39.4 Å². The Bertz CT molecular complexity index is 894. The van der Waals surface area contributed by atoms with E-state index in [1.54, 1.807) is 0 Å². The first-order valence-electron chi connectivity index (χ1n) is 10.6. The van der Waals surface area contributed by atoms with E-state index in [2.05, 4.69) is 19.2 Å². The largest absolute Gasteiger partial charge is 0.351 e. The molecule has 2 aromatic rings. The van der Waals surface area contributed by atoms with Gasteiger partial charge in [0.2, 0.25) is 5.91 Å². The predicted molar refractivity (Wildman–Crippen MR) is 111 cm³/mol. The molecule has 1 aromatic heterocycles. The summed E-state index contributed by atoms with van der Waals surface area (Å²) in [5, 5.41) is 4.30. The summed E-state index contributed by atoms with van der Waals surface area (Å²) in [5.74, 6) is 0.426. The first-order valence-corrected chi connectivity index (χ1v) is 10.6. The van der Waals surface area contributed by atoms with Gasteiger partial charge >= 0.3 is 0 Å². The molecule has 1 atom stereocenters. The van der Waals surface area contributed by atoms with E-state index in [0.717, 1.165) is 30.2 Å². The van der Waals surface area contributed by atoms with Crippen LogP contribution in [0.3, 0.4) is 0 Å². The van der Waals surface area contributed by atoms with Crippen LogP contribution in [0.1, 0.15) is 63.4 Å². The summed E-state index contributed by atoms with van der Waals surface area (Å²) >= 11 is 0. The van der Waals surface area contributed by atoms with E-state index in [4.69, 9.17) is 0 Å². The van der Waals surface area contributed by atoms with Crippen molar-refractivity contribution >= 4 is 22.7 Å². The van der Waals surface area contributed by atoms with E-state index in [-0.39, 0.29) is 17.9 Å². The smallest absolute Gasteiger partial charge is 0.271 e. The zero-order valence-electron chi connectivity index (χ0n) is 17.2. The van der Waals surface area contributed by atoms with Crippen LogP contribution in [0.4, 0.5) is 0 Å². The summed E-state index contributed by atoms with van der Waals surface area (Å²) in [4.78, 5) is 28.7. The third-order valence-corrected chi connectivity index (χ3v) is 6.45. The lowest BCUT2D eigenvalue weighted by atomic mass is 9.93. The Kier molecular flexibility index (Phi) is 4.94. The van der Waals surface area contributed by atoms with Gasteiger partial charge in [0.25, 0.3) is 5.91 Å².